The zero-order chi connectivity index (χ0) is 15.8. The van der Waals surface area contributed by atoms with E-state index < -0.39 is 6.10 Å². The van der Waals surface area contributed by atoms with Crippen LogP contribution in [-0.4, -0.2) is 41.8 Å². The van der Waals surface area contributed by atoms with E-state index in [4.69, 9.17) is 21.6 Å². The van der Waals surface area contributed by atoms with Crippen molar-refractivity contribution in [3.05, 3.63) is 34.9 Å². The standard InChI is InChI=1S/C17H23ClN2O2/c18-17-8-4-1-5-14(17)12-22-13-16(21)11-20(10-9-19)15-6-2-3-7-15/h1,4-5,8,15-16,21H,2-3,6-7,10-13H2. The van der Waals surface area contributed by atoms with Crippen LogP contribution in [0, 0.1) is 11.3 Å². The van der Waals surface area contributed by atoms with Gasteiger partial charge in [-0.1, -0.05) is 42.6 Å². The third kappa shape index (κ3) is 5.26. The summed E-state index contributed by atoms with van der Waals surface area (Å²) < 4.78 is 5.56. The molecular weight excluding hydrogens is 300 g/mol. The normalized spacial score (nSPS) is 16.8. The molecule has 0 amide bonds. The maximum absolute atomic E-state index is 10.1. The molecule has 0 aliphatic heterocycles. The third-order valence-electron chi connectivity index (χ3n) is 4.09. The molecule has 120 valence electrons. The van der Waals surface area contributed by atoms with Gasteiger partial charge in [-0.3, -0.25) is 4.90 Å². The number of ether oxygens (including phenoxy) is 1. The Morgan fingerprint density at radius 2 is 2.09 bits per heavy atom. The zero-order valence-electron chi connectivity index (χ0n) is 12.7. The summed E-state index contributed by atoms with van der Waals surface area (Å²) >= 11 is 6.06. The van der Waals surface area contributed by atoms with Crippen molar-refractivity contribution in [2.24, 2.45) is 0 Å². The fraction of sp³-hybridized carbons (Fsp3) is 0.588. The Balaban J connectivity index is 1.75. The molecule has 2 rings (SSSR count). The molecular formula is C17H23ClN2O2. The van der Waals surface area contributed by atoms with Gasteiger partial charge in [-0.15, -0.1) is 0 Å². The largest absolute Gasteiger partial charge is 0.389 e. The second-order valence-electron chi connectivity index (χ2n) is 5.79. The van der Waals surface area contributed by atoms with Gasteiger partial charge >= 0.3 is 0 Å². The first-order chi connectivity index (χ1) is 10.7. The van der Waals surface area contributed by atoms with E-state index in [2.05, 4.69) is 11.0 Å². The molecule has 1 unspecified atom stereocenters. The minimum Gasteiger partial charge on any atom is -0.389 e. The first kappa shape index (κ1) is 17.2. The summed E-state index contributed by atoms with van der Waals surface area (Å²) in [6.45, 7) is 1.49. The van der Waals surface area contributed by atoms with Gasteiger partial charge < -0.3 is 9.84 Å². The predicted octanol–water partition coefficient (Wildman–Crippen LogP) is 2.99. The highest BCUT2D eigenvalue weighted by atomic mass is 35.5. The highest BCUT2D eigenvalue weighted by Crippen LogP contribution is 2.23. The second kappa shape index (κ2) is 9.12. The van der Waals surface area contributed by atoms with Crippen LogP contribution in [0.25, 0.3) is 0 Å². The minimum atomic E-state index is -0.587. The Bertz CT molecular complexity index is 498. The molecule has 22 heavy (non-hydrogen) atoms. The average Bonchev–Trinajstić information content (AvgIpc) is 3.03. The van der Waals surface area contributed by atoms with Gasteiger partial charge in [0.15, 0.2) is 0 Å². The van der Waals surface area contributed by atoms with Crippen LogP contribution in [0.5, 0.6) is 0 Å². The molecule has 0 saturated heterocycles. The van der Waals surface area contributed by atoms with Crippen LogP contribution >= 0.6 is 11.6 Å². The van der Waals surface area contributed by atoms with E-state index >= 15 is 0 Å². The number of nitriles is 1. The Labute approximate surface area is 137 Å². The molecule has 1 saturated carbocycles. The first-order valence-corrected chi connectivity index (χ1v) is 8.18. The fourth-order valence-electron chi connectivity index (χ4n) is 2.95. The summed E-state index contributed by atoms with van der Waals surface area (Å²) in [5.74, 6) is 0. The number of benzene rings is 1. The fourth-order valence-corrected chi connectivity index (χ4v) is 3.14. The Hall–Kier alpha value is -1.12. The van der Waals surface area contributed by atoms with Gasteiger partial charge in [-0.05, 0) is 24.5 Å². The lowest BCUT2D eigenvalue weighted by atomic mass is 10.2. The van der Waals surface area contributed by atoms with Gasteiger partial charge in [0.25, 0.3) is 0 Å². The monoisotopic (exact) mass is 322 g/mol. The highest BCUT2D eigenvalue weighted by molar-refractivity contribution is 6.31. The molecule has 1 aromatic carbocycles. The van der Waals surface area contributed by atoms with Crippen LogP contribution in [0.2, 0.25) is 5.02 Å². The number of hydrogen-bond acceptors (Lipinski definition) is 4. The van der Waals surface area contributed by atoms with Crippen LogP contribution in [0.1, 0.15) is 31.2 Å². The lowest BCUT2D eigenvalue weighted by Crippen LogP contribution is -2.41. The van der Waals surface area contributed by atoms with Crippen LogP contribution < -0.4 is 0 Å². The molecule has 0 bridgehead atoms. The molecule has 0 spiro atoms. The zero-order valence-corrected chi connectivity index (χ0v) is 13.5. The summed E-state index contributed by atoms with van der Waals surface area (Å²) in [4.78, 5) is 2.08. The van der Waals surface area contributed by atoms with Crippen LogP contribution in [-0.2, 0) is 11.3 Å². The quantitative estimate of drug-likeness (QED) is 0.748. The van der Waals surface area contributed by atoms with E-state index in [9.17, 15) is 5.11 Å². The molecule has 1 aliphatic rings. The van der Waals surface area contributed by atoms with E-state index in [1.807, 2.05) is 24.3 Å². The molecule has 1 fully saturated rings. The molecule has 1 aliphatic carbocycles. The SMILES string of the molecule is N#CCN(CC(O)COCc1ccccc1Cl)C1CCCC1. The maximum Gasteiger partial charge on any atom is 0.0900 e. The highest BCUT2D eigenvalue weighted by Gasteiger charge is 2.24. The van der Waals surface area contributed by atoms with Gasteiger partial charge in [0.2, 0.25) is 0 Å². The molecule has 0 aromatic heterocycles. The Morgan fingerprint density at radius 3 is 2.77 bits per heavy atom. The molecule has 4 nitrogen and oxygen atoms in total. The Kier molecular flexibility index (Phi) is 7.14. The molecule has 1 atom stereocenters. The molecule has 0 radical (unpaired) electrons. The Morgan fingerprint density at radius 1 is 1.36 bits per heavy atom. The average molecular weight is 323 g/mol. The number of rotatable bonds is 8. The lowest BCUT2D eigenvalue weighted by molar-refractivity contribution is 0.00539. The summed E-state index contributed by atoms with van der Waals surface area (Å²) in [6.07, 6.45) is 4.08. The van der Waals surface area contributed by atoms with Crippen molar-refractivity contribution in [1.29, 1.82) is 5.26 Å². The van der Waals surface area contributed by atoms with Crippen molar-refractivity contribution in [2.75, 3.05) is 19.7 Å². The summed E-state index contributed by atoms with van der Waals surface area (Å²) in [7, 11) is 0. The summed E-state index contributed by atoms with van der Waals surface area (Å²) in [5.41, 5.74) is 0.918. The van der Waals surface area contributed by atoms with E-state index in [1.165, 1.54) is 12.8 Å². The number of aliphatic hydroxyl groups excluding tert-OH is 1. The van der Waals surface area contributed by atoms with Crippen LogP contribution in [0.15, 0.2) is 24.3 Å². The van der Waals surface area contributed by atoms with Gasteiger partial charge in [-0.25, -0.2) is 0 Å². The van der Waals surface area contributed by atoms with E-state index in [-0.39, 0.29) is 6.61 Å². The van der Waals surface area contributed by atoms with E-state index in [1.54, 1.807) is 0 Å². The van der Waals surface area contributed by atoms with Crippen LogP contribution in [0.4, 0.5) is 0 Å². The molecule has 0 heterocycles. The van der Waals surface area contributed by atoms with Crippen molar-refractivity contribution in [1.82, 2.24) is 4.90 Å². The number of nitrogens with zero attached hydrogens (tertiary/aromatic N) is 2. The third-order valence-corrected chi connectivity index (χ3v) is 4.45. The van der Waals surface area contributed by atoms with Crippen molar-refractivity contribution in [2.45, 2.75) is 44.4 Å². The van der Waals surface area contributed by atoms with Crippen molar-refractivity contribution in [3.63, 3.8) is 0 Å². The van der Waals surface area contributed by atoms with Gasteiger partial charge in [-0.2, -0.15) is 5.26 Å². The number of halogens is 1. The molecule has 1 aromatic rings. The van der Waals surface area contributed by atoms with Gasteiger partial charge in [0, 0.05) is 17.6 Å². The van der Waals surface area contributed by atoms with Gasteiger partial charge in [0.05, 0.1) is 31.9 Å². The molecule has 5 heteroatoms. The van der Waals surface area contributed by atoms with Crippen LogP contribution in [0.3, 0.4) is 0 Å². The summed E-state index contributed by atoms with van der Waals surface area (Å²) in [6, 6.07) is 10.2. The van der Waals surface area contributed by atoms with Crippen molar-refractivity contribution >= 4 is 11.6 Å². The smallest absolute Gasteiger partial charge is 0.0900 e. The minimum absolute atomic E-state index is 0.250. The number of hydrogen-bond donors (Lipinski definition) is 1. The second-order valence-corrected chi connectivity index (χ2v) is 6.19. The summed E-state index contributed by atoms with van der Waals surface area (Å²) in [5, 5.41) is 19.8. The number of aliphatic hydroxyl groups is 1. The van der Waals surface area contributed by atoms with Crippen molar-refractivity contribution < 1.29 is 9.84 Å². The van der Waals surface area contributed by atoms with Gasteiger partial charge in [0.1, 0.15) is 0 Å². The van der Waals surface area contributed by atoms with E-state index in [0.717, 1.165) is 18.4 Å². The molecule has 1 N–H and O–H groups in total. The lowest BCUT2D eigenvalue weighted by Gasteiger charge is -2.28. The first-order valence-electron chi connectivity index (χ1n) is 7.81. The topological polar surface area (TPSA) is 56.5 Å². The maximum atomic E-state index is 10.1. The van der Waals surface area contributed by atoms with Crippen molar-refractivity contribution in [3.8, 4) is 6.07 Å². The van der Waals surface area contributed by atoms with E-state index in [0.29, 0.717) is 30.8 Å². The predicted molar refractivity (Wildman–Crippen MR) is 86.6 cm³/mol.